The molecule has 150 valence electrons. The number of carbonyl (C=O) groups excluding carboxylic acids is 1. The lowest BCUT2D eigenvalue weighted by Gasteiger charge is -2.37. The van der Waals surface area contributed by atoms with E-state index in [1.54, 1.807) is 6.20 Å². The molecule has 0 atom stereocenters. The number of pyridine rings is 1. The SMILES string of the molecule is CCOC(=O)c1cnc2ccc(Br)cc2c1N1CCN(Cc2ccccc2)CC1. The number of rotatable bonds is 5. The summed E-state index contributed by atoms with van der Waals surface area (Å²) in [5.74, 6) is -0.316. The second-order valence-corrected chi connectivity index (χ2v) is 8.07. The molecule has 1 aliphatic heterocycles. The molecule has 5 nitrogen and oxygen atoms in total. The molecule has 0 saturated carbocycles. The van der Waals surface area contributed by atoms with Crippen molar-refractivity contribution in [3.8, 4) is 0 Å². The van der Waals surface area contributed by atoms with Gasteiger partial charge in [0.2, 0.25) is 0 Å². The minimum atomic E-state index is -0.316. The van der Waals surface area contributed by atoms with E-state index in [-0.39, 0.29) is 5.97 Å². The summed E-state index contributed by atoms with van der Waals surface area (Å²) < 4.78 is 6.28. The molecule has 4 rings (SSSR count). The number of nitrogens with zero attached hydrogens (tertiary/aromatic N) is 3. The molecule has 0 unspecified atom stereocenters. The van der Waals surface area contributed by atoms with Crippen LogP contribution in [0, 0.1) is 0 Å². The number of aromatic nitrogens is 1. The Morgan fingerprint density at radius 1 is 1.10 bits per heavy atom. The number of hydrogen-bond donors (Lipinski definition) is 0. The topological polar surface area (TPSA) is 45.7 Å². The molecule has 3 aromatic rings. The third-order valence-electron chi connectivity index (χ3n) is 5.23. The van der Waals surface area contributed by atoms with E-state index in [0.29, 0.717) is 12.2 Å². The zero-order valence-corrected chi connectivity index (χ0v) is 18.1. The summed E-state index contributed by atoms with van der Waals surface area (Å²) in [4.78, 5) is 21.9. The molecule has 1 aromatic heterocycles. The highest BCUT2D eigenvalue weighted by Gasteiger charge is 2.25. The van der Waals surface area contributed by atoms with Crippen molar-refractivity contribution in [3.05, 3.63) is 70.3 Å². The number of halogens is 1. The number of piperazine rings is 1. The van der Waals surface area contributed by atoms with Gasteiger partial charge in [0.05, 0.1) is 17.8 Å². The summed E-state index contributed by atoms with van der Waals surface area (Å²) in [6, 6.07) is 16.5. The Morgan fingerprint density at radius 2 is 1.86 bits per heavy atom. The molecular formula is C23H24BrN3O2. The maximum absolute atomic E-state index is 12.6. The van der Waals surface area contributed by atoms with Gasteiger partial charge in [-0.15, -0.1) is 0 Å². The summed E-state index contributed by atoms with van der Waals surface area (Å²) in [5, 5.41) is 0.974. The number of esters is 1. The Bertz CT molecular complexity index is 1000. The van der Waals surface area contributed by atoms with E-state index < -0.39 is 0 Å². The van der Waals surface area contributed by atoms with Crippen molar-refractivity contribution in [2.75, 3.05) is 37.7 Å². The first-order valence-corrected chi connectivity index (χ1v) is 10.7. The van der Waals surface area contributed by atoms with Crippen molar-refractivity contribution in [2.45, 2.75) is 13.5 Å². The highest BCUT2D eigenvalue weighted by atomic mass is 79.9. The predicted octanol–water partition coefficient (Wildman–Crippen LogP) is 4.50. The van der Waals surface area contributed by atoms with Crippen LogP contribution in [0.1, 0.15) is 22.8 Å². The third-order valence-corrected chi connectivity index (χ3v) is 5.73. The normalized spacial score (nSPS) is 14.9. The zero-order valence-electron chi connectivity index (χ0n) is 16.5. The van der Waals surface area contributed by atoms with Crippen LogP contribution in [0.2, 0.25) is 0 Å². The van der Waals surface area contributed by atoms with Gasteiger partial charge in [-0.3, -0.25) is 9.88 Å². The van der Waals surface area contributed by atoms with Gasteiger partial charge in [-0.25, -0.2) is 4.79 Å². The summed E-state index contributed by atoms with van der Waals surface area (Å²) in [6.07, 6.45) is 1.65. The number of carbonyl (C=O) groups is 1. The molecular weight excluding hydrogens is 430 g/mol. The van der Waals surface area contributed by atoms with Crippen LogP contribution in [-0.2, 0) is 11.3 Å². The van der Waals surface area contributed by atoms with Crippen LogP contribution in [0.4, 0.5) is 5.69 Å². The molecule has 1 aliphatic rings. The monoisotopic (exact) mass is 453 g/mol. The summed E-state index contributed by atoms with van der Waals surface area (Å²) >= 11 is 3.56. The van der Waals surface area contributed by atoms with Gasteiger partial charge in [0.1, 0.15) is 5.56 Å². The molecule has 29 heavy (non-hydrogen) atoms. The largest absolute Gasteiger partial charge is 0.462 e. The maximum atomic E-state index is 12.6. The van der Waals surface area contributed by atoms with Crippen molar-refractivity contribution in [2.24, 2.45) is 0 Å². The number of hydrogen-bond acceptors (Lipinski definition) is 5. The van der Waals surface area contributed by atoms with E-state index in [0.717, 1.165) is 53.8 Å². The Balaban J connectivity index is 1.61. The van der Waals surface area contributed by atoms with Crippen LogP contribution >= 0.6 is 15.9 Å². The van der Waals surface area contributed by atoms with Crippen molar-refractivity contribution in [1.82, 2.24) is 9.88 Å². The molecule has 2 aromatic carbocycles. The second kappa shape index (κ2) is 8.93. The fourth-order valence-electron chi connectivity index (χ4n) is 3.82. The lowest BCUT2D eigenvalue weighted by Crippen LogP contribution is -2.46. The van der Waals surface area contributed by atoms with E-state index in [1.165, 1.54) is 5.56 Å². The third kappa shape index (κ3) is 4.43. The molecule has 0 bridgehead atoms. The number of benzene rings is 2. The van der Waals surface area contributed by atoms with Crippen LogP contribution in [0.25, 0.3) is 10.9 Å². The maximum Gasteiger partial charge on any atom is 0.341 e. The van der Waals surface area contributed by atoms with Crippen LogP contribution < -0.4 is 4.90 Å². The molecule has 0 N–H and O–H groups in total. The average molecular weight is 454 g/mol. The Kier molecular flexibility index (Phi) is 6.11. The fraction of sp³-hybridized carbons (Fsp3) is 0.304. The number of ether oxygens (including phenoxy) is 1. The lowest BCUT2D eigenvalue weighted by molar-refractivity contribution is 0.0526. The molecule has 2 heterocycles. The minimum Gasteiger partial charge on any atom is -0.462 e. The van der Waals surface area contributed by atoms with Gasteiger partial charge in [-0.1, -0.05) is 46.3 Å². The minimum absolute atomic E-state index is 0.316. The van der Waals surface area contributed by atoms with E-state index in [2.05, 4.69) is 55.0 Å². The zero-order chi connectivity index (χ0) is 20.2. The van der Waals surface area contributed by atoms with E-state index >= 15 is 0 Å². The van der Waals surface area contributed by atoms with Gasteiger partial charge >= 0.3 is 5.97 Å². The first kappa shape index (κ1) is 19.9. The first-order valence-electron chi connectivity index (χ1n) is 9.92. The fourth-order valence-corrected chi connectivity index (χ4v) is 4.18. The summed E-state index contributed by atoms with van der Waals surface area (Å²) in [6.45, 7) is 6.70. The van der Waals surface area contributed by atoms with Gasteiger partial charge in [0.15, 0.2) is 0 Å². The molecule has 1 saturated heterocycles. The molecule has 0 spiro atoms. The molecule has 6 heteroatoms. The van der Waals surface area contributed by atoms with Gasteiger partial charge in [-0.2, -0.15) is 0 Å². The Labute approximate surface area is 179 Å². The Morgan fingerprint density at radius 3 is 2.59 bits per heavy atom. The average Bonchev–Trinajstić information content (AvgIpc) is 2.74. The first-order chi connectivity index (χ1) is 14.2. The van der Waals surface area contributed by atoms with Crippen molar-refractivity contribution in [1.29, 1.82) is 0 Å². The highest BCUT2D eigenvalue weighted by molar-refractivity contribution is 9.10. The van der Waals surface area contributed by atoms with Gasteiger partial charge < -0.3 is 9.64 Å². The van der Waals surface area contributed by atoms with Crippen LogP contribution in [0.3, 0.4) is 0 Å². The molecule has 0 amide bonds. The van der Waals surface area contributed by atoms with Crippen LogP contribution in [0.5, 0.6) is 0 Å². The van der Waals surface area contributed by atoms with Crippen molar-refractivity contribution >= 4 is 38.5 Å². The smallest absolute Gasteiger partial charge is 0.341 e. The quantitative estimate of drug-likeness (QED) is 0.532. The van der Waals surface area contributed by atoms with E-state index in [9.17, 15) is 4.79 Å². The number of fused-ring (bicyclic) bond motifs is 1. The summed E-state index contributed by atoms with van der Waals surface area (Å²) in [5.41, 5.74) is 3.66. The number of anilines is 1. The van der Waals surface area contributed by atoms with Gasteiger partial charge in [-0.05, 0) is 30.7 Å². The van der Waals surface area contributed by atoms with E-state index in [4.69, 9.17) is 4.74 Å². The van der Waals surface area contributed by atoms with E-state index in [1.807, 2.05) is 31.2 Å². The summed E-state index contributed by atoms with van der Waals surface area (Å²) in [7, 11) is 0. The highest BCUT2D eigenvalue weighted by Crippen LogP contribution is 2.33. The van der Waals surface area contributed by atoms with Crippen LogP contribution in [-0.4, -0.2) is 48.6 Å². The molecule has 0 aliphatic carbocycles. The van der Waals surface area contributed by atoms with Gasteiger partial charge in [0.25, 0.3) is 0 Å². The van der Waals surface area contributed by atoms with Crippen molar-refractivity contribution in [3.63, 3.8) is 0 Å². The Hall–Kier alpha value is -2.44. The predicted molar refractivity (Wildman–Crippen MR) is 119 cm³/mol. The van der Waals surface area contributed by atoms with Gasteiger partial charge in [0, 0.05) is 48.8 Å². The van der Waals surface area contributed by atoms with Crippen molar-refractivity contribution < 1.29 is 9.53 Å². The molecule has 1 fully saturated rings. The lowest BCUT2D eigenvalue weighted by atomic mass is 10.1. The molecule has 0 radical (unpaired) electrons. The second-order valence-electron chi connectivity index (χ2n) is 7.15. The van der Waals surface area contributed by atoms with Crippen LogP contribution in [0.15, 0.2) is 59.2 Å². The standard InChI is InChI=1S/C23H24BrN3O2/c1-2-29-23(28)20-15-25-21-9-8-18(24)14-19(21)22(20)27-12-10-26(11-13-27)16-17-6-4-3-5-7-17/h3-9,14-15H,2,10-13,16H2,1H3.